The van der Waals surface area contributed by atoms with Gasteiger partial charge in [0.05, 0.1) is 23.9 Å². The van der Waals surface area contributed by atoms with Gasteiger partial charge in [-0.2, -0.15) is 0 Å². The van der Waals surface area contributed by atoms with Gasteiger partial charge in [-0.25, -0.2) is 0 Å². The zero-order valence-electron chi connectivity index (χ0n) is 11.6. The first-order valence-electron chi connectivity index (χ1n) is 6.92. The van der Waals surface area contributed by atoms with Crippen LogP contribution in [0.2, 0.25) is 0 Å². The van der Waals surface area contributed by atoms with Crippen LogP contribution in [0.15, 0.2) is 53.0 Å². The first kappa shape index (κ1) is 14.8. The van der Waals surface area contributed by atoms with Crippen molar-refractivity contribution in [2.24, 2.45) is 0 Å². The number of aliphatic hydroxyl groups is 4. The molecular formula is C16H16O6. The molecule has 1 aliphatic carbocycles. The van der Waals surface area contributed by atoms with Gasteiger partial charge in [-0.15, -0.1) is 0 Å². The lowest BCUT2D eigenvalue weighted by Crippen LogP contribution is -2.40. The van der Waals surface area contributed by atoms with E-state index in [1.807, 2.05) is 6.07 Å². The van der Waals surface area contributed by atoms with Gasteiger partial charge in [0, 0.05) is 6.42 Å². The van der Waals surface area contributed by atoms with E-state index in [0.29, 0.717) is 5.56 Å². The summed E-state index contributed by atoms with van der Waals surface area (Å²) in [5, 5.41) is 39.7. The van der Waals surface area contributed by atoms with Gasteiger partial charge in [-0.1, -0.05) is 30.3 Å². The lowest BCUT2D eigenvalue weighted by Gasteiger charge is -2.37. The molecular weight excluding hydrogens is 288 g/mol. The first-order chi connectivity index (χ1) is 10.5. The van der Waals surface area contributed by atoms with Crippen LogP contribution in [0.1, 0.15) is 18.1 Å². The largest absolute Gasteiger partial charge is 0.509 e. The zero-order chi connectivity index (χ0) is 15.9. The predicted octanol–water partition coefficient (Wildman–Crippen LogP) is 1.08. The van der Waals surface area contributed by atoms with Crippen LogP contribution in [0, 0.1) is 0 Å². The molecule has 3 atom stereocenters. The minimum absolute atomic E-state index is 0.0247. The number of fused-ring (bicyclic) bond motifs is 1. The summed E-state index contributed by atoms with van der Waals surface area (Å²) >= 11 is 0. The van der Waals surface area contributed by atoms with Crippen LogP contribution in [0.5, 0.6) is 0 Å². The molecule has 1 aliphatic heterocycles. The molecule has 4 N–H and O–H groups in total. The summed E-state index contributed by atoms with van der Waals surface area (Å²) in [6, 6.07) is 8.84. The molecule has 1 heterocycles. The monoisotopic (exact) mass is 304 g/mol. The van der Waals surface area contributed by atoms with Crippen LogP contribution in [0.25, 0.3) is 0 Å². The predicted molar refractivity (Wildman–Crippen MR) is 76.1 cm³/mol. The van der Waals surface area contributed by atoms with E-state index >= 15 is 0 Å². The van der Waals surface area contributed by atoms with Crippen molar-refractivity contribution >= 4 is 5.78 Å². The Labute approximate surface area is 126 Å². The number of benzene rings is 1. The molecule has 6 nitrogen and oxygen atoms in total. The summed E-state index contributed by atoms with van der Waals surface area (Å²) in [5.41, 5.74) is 0.458. The molecule has 1 unspecified atom stereocenters. The van der Waals surface area contributed by atoms with Crippen molar-refractivity contribution in [3.05, 3.63) is 58.6 Å². The Kier molecular flexibility index (Phi) is 3.74. The Balaban J connectivity index is 2.05. The minimum atomic E-state index is -1.36. The summed E-state index contributed by atoms with van der Waals surface area (Å²) in [6.07, 6.45) is -3.14. The fourth-order valence-electron chi connectivity index (χ4n) is 2.86. The highest BCUT2D eigenvalue weighted by atomic mass is 16.5. The van der Waals surface area contributed by atoms with E-state index in [4.69, 9.17) is 9.84 Å². The molecule has 1 aromatic rings. The van der Waals surface area contributed by atoms with Crippen molar-refractivity contribution < 1.29 is 30.0 Å². The van der Waals surface area contributed by atoms with Crippen LogP contribution in [0.4, 0.5) is 0 Å². The van der Waals surface area contributed by atoms with Crippen LogP contribution in [0.3, 0.4) is 0 Å². The van der Waals surface area contributed by atoms with Crippen LogP contribution in [-0.4, -0.2) is 45.0 Å². The number of carbonyl (C=O) groups is 1. The van der Waals surface area contributed by atoms with Crippen molar-refractivity contribution in [2.45, 2.75) is 24.7 Å². The third kappa shape index (κ3) is 2.21. The molecule has 0 saturated heterocycles. The molecule has 0 aromatic heterocycles. The van der Waals surface area contributed by atoms with Gasteiger partial charge < -0.3 is 25.2 Å². The molecule has 0 bridgehead atoms. The second-order valence-electron chi connectivity index (χ2n) is 5.31. The molecule has 22 heavy (non-hydrogen) atoms. The number of ether oxygens (including phenoxy) is 1. The van der Waals surface area contributed by atoms with Gasteiger partial charge in [0.1, 0.15) is 23.7 Å². The van der Waals surface area contributed by atoms with E-state index in [2.05, 4.69) is 0 Å². The summed E-state index contributed by atoms with van der Waals surface area (Å²) in [6.45, 7) is -0.633. The van der Waals surface area contributed by atoms with E-state index in [0.717, 1.165) is 0 Å². The molecule has 0 radical (unpaired) electrons. The van der Waals surface area contributed by atoms with E-state index in [-0.39, 0.29) is 17.6 Å². The van der Waals surface area contributed by atoms with Gasteiger partial charge in [0.15, 0.2) is 5.78 Å². The Hall–Kier alpha value is -2.15. The Morgan fingerprint density at radius 3 is 2.50 bits per heavy atom. The second-order valence-corrected chi connectivity index (χ2v) is 5.31. The van der Waals surface area contributed by atoms with Gasteiger partial charge in [0.2, 0.25) is 0 Å². The summed E-state index contributed by atoms with van der Waals surface area (Å²) in [4.78, 5) is 11.9. The normalized spacial score (nSPS) is 28.8. The topological polar surface area (TPSA) is 107 Å². The molecule has 0 saturated carbocycles. The Morgan fingerprint density at radius 2 is 1.86 bits per heavy atom. The number of carbonyl (C=O) groups excluding carboxylic acids is 1. The van der Waals surface area contributed by atoms with E-state index < -0.39 is 42.2 Å². The average Bonchev–Trinajstić information content (AvgIpc) is 2.51. The van der Waals surface area contributed by atoms with E-state index in [9.17, 15) is 20.1 Å². The van der Waals surface area contributed by atoms with Gasteiger partial charge in [0.25, 0.3) is 0 Å². The maximum absolute atomic E-state index is 11.9. The van der Waals surface area contributed by atoms with Gasteiger partial charge >= 0.3 is 0 Å². The van der Waals surface area contributed by atoms with Gasteiger partial charge in [-0.3, -0.25) is 4.79 Å². The molecule has 3 rings (SSSR count). The third-order valence-corrected chi connectivity index (χ3v) is 4.01. The number of hydrogen-bond donors (Lipinski definition) is 4. The molecule has 2 aliphatic rings. The average molecular weight is 304 g/mol. The lowest BCUT2D eigenvalue weighted by molar-refractivity contribution is -0.126. The van der Waals surface area contributed by atoms with Crippen molar-refractivity contribution in [2.75, 3.05) is 6.61 Å². The zero-order valence-corrected chi connectivity index (χ0v) is 11.6. The third-order valence-electron chi connectivity index (χ3n) is 4.01. The maximum Gasteiger partial charge on any atom is 0.167 e. The molecule has 116 valence electrons. The molecule has 0 spiro atoms. The van der Waals surface area contributed by atoms with Crippen molar-refractivity contribution in [3.63, 3.8) is 0 Å². The summed E-state index contributed by atoms with van der Waals surface area (Å²) in [5.74, 6) is -1.38. The standard InChI is InChI=1S/C16H16O6/c17-7-9-10(18)6-11-12(13(9)19)14(20)15(21)16(22-11)8-4-2-1-3-5-8/h1-5,11,15-17,19-21H,6-7H2/t11?,15-,16+/m1/s1. The number of Topliss-reactive ketones (excluding diaryl/α,β-unsaturated/α-hetero) is 1. The van der Waals surface area contributed by atoms with Crippen molar-refractivity contribution in [1.29, 1.82) is 0 Å². The minimum Gasteiger partial charge on any atom is -0.509 e. The highest BCUT2D eigenvalue weighted by Crippen LogP contribution is 2.41. The quantitative estimate of drug-likeness (QED) is 0.651. The van der Waals surface area contributed by atoms with E-state index in [1.165, 1.54) is 0 Å². The smallest absolute Gasteiger partial charge is 0.167 e. The van der Waals surface area contributed by atoms with Crippen molar-refractivity contribution in [1.82, 2.24) is 0 Å². The number of aliphatic hydroxyl groups excluding tert-OH is 4. The Morgan fingerprint density at radius 1 is 1.18 bits per heavy atom. The van der Waals surface area contributed by atoms with Gasteiger partial charge in [-0.05, 0) is 5.56 Å². The van der Waals surface area contributed by atoms with Crippen LogP contribution in [-0.2, 0) is 9.53 Å². The van der Waals surface area contributed by atoms with E-state index in [1.54, 1.807) is 24.3 Å². The molecule has 6 heteroatoms. The molecule has 1 aromatic carbocycles. The Bertz CT molecular complexity index is 660. The summed E-state index contributed by atoms with van der Waals surface area (Å²) < 4.78 is 5.73. The van der Waals surface area contributed by atoms with Crippen LogP contribution >= 0.6 is 0 Å². The number of rotatable bonds is 2. The first-order valence-corrected chi connectivity index (χ1v) is 6.92. The number of ketones is 1. The maximum atomic E-state index is 11.9. The van der Waals surface area contributed by atoms with Crippen LogP contribution < -0.4 is 0 Å². The highest BCUT2D eigenvalue weighted by molar-refractivity contribution is 5.99. The van der Waals surface area contributed by atoms with Crippen molar-refractivity contribution in [3.8, 4) is 0 Å². The number of hydrogen-bond acceptors (Lipinski definition) is 6. The molecule has 0 fully saturated rings. The second kappa shape index (κ2) is 5.57. The fraction of sp³-hybridized carbons (Fsp3) is 0.312. The highest BCUT2D eigenvalue weighted by Gasteiger charge is 2.43. The molecule has 0 amide bonds. The fourth-order valence-corrected chi connectivity index (χ4v) is 2.86. The lowest BCUT2D eigenvalue weighted by atomic mass is 9.84. The SMILES string of the molecule is O=C1CC2O[C@@H](c3ccccc3)[C@H](O)C(O)=C2C(O)=C1CO. The summed E-state index contributed by atoms with van der Waals surface area (Å²) in [7, 11) is 0.